The average molecular weight is 308 g/mol. The Bertz CT molecular complexity index is 810. The van der Waals surface area contributed by atoms with Crippen LogP contribution in [0.3, 0.4) is 0 Å². The molecule has 0 atom stereocenters. The highest BCUT2D eigenvalue weighted by Gasteiger charge is 2.13. The maximum Gasteiger partial charge on any atom is 0.222 e. The Labute approximate surface area is 133 Å². The van der Waals surface area contributed by atoms with E-state index < -0.39 is 0 Å². The van der Waals surface area contributed by atoms with Gasteiger partial charge < -0.3 is 10.1 Å². The first-order valence-corrected chi connectivity index (χ1v) is 7.11. The van der Waals surface area contributed by atoms with Crippen LogP contribution in [0.25, 0.3) is 17.1 Å². The van der Waals surface area contributed by atoms with Gasteiger partial charge in [-0.15, -0.1) is 0 Å². The molecule has 3 rings (SSSR count). The van der Waals surface area contributed by atoms with Crippen LogP contribution in [0.2, 0.25) is 0 Å². The van der Waals surface area contributed by atoms with Crippen LogP contribution in [0, 0.1) is 0 Å². The third kappa shape index (κ3) is 3.21. The summed E-state index contributed by atoms with van der Waals surface area (Å²) in [6, 6.07) is 14.9. The zero-order valence-electron chi connectivity index (χ0n) is 12.9. The van der Waals surface area contributed by atoms with Gasteiger partial charge in [0.2, 0.25) is 5.91 Å². The van der Waals surface area contributed by atoms with E-state index in [0.29, 0.717) is 11.6 Å². The Morgan fingerprint density at radius 1 is 1.17 bits per heavy atom. The number of aromatic nitrogens is 3. The molecule has 0 spiro atoms. The summed E-state index contributed by atoms with van der Waals surface area (Å²) in [6.07, 6.45) is 1.68. The molecule has 0 saturated heterocycles. The molecule has 2 heterocycles. The molecule has 1 N–H and O–H groups in total. The predicted octanol–water partition coefficient (Wildman–Crippen LogP) is 2.90. The lowest BCUT2D eigenvalue weighted by Gasteiger charge is -2.05. The maximum absolute atomic E-state index is 11.4. The SMILES string of the molecule is COc1ccc(-c2cc(NC(C)=O)n(-c3ccccn3)n2)cc1. The maximum atomic E-state index is 11.4. The zero-order chi connectivity index (χ0) is 16.2. The second-order valence-corrected chi connectivity index (χ2v) is 4.92. The molecule has 1 aromatic carbocycles. The minimum Gasteiger partial charge on any atom is -0.497 e. The van der Waals surface area contributed by atoms with Crippen LogP contribution in [-0.4, -0.2) is 27.8 Å². The van der Waals surface area contributed by atoms with Gasteiger partial charge >= 0.3 is 0 Å². The molecular weight excluding hydrogens is 292 g/mol. The zero-order valence-corrected chi connectivity index (χ0v) is 12.9. The highest BCUT2D eigenvalue weighted by atomic mass is 16.5. The Morgan fingerprint density at radius 3 is 2.57 bits per heavy atom. The van der Waals surface area contributed by atoms with Gasteiger partial charge in [-0.05, 0) is 36.4 Å². The van der Waals surface area contributed by atoms with Crippen LogP contribution in [0.4, 0.5) is 5.82 Å². The van der Waals surface area contributed by atoms with Gasteiger partial charge in [-0.25, -0.2) is 4.98 Å². The lowest BCUT2D eigenvalue weighted by Crippen LogP contribution is -2.11. The monoisotopic (exact) mass is 308 g/mol. The van der Waals surface area contributed by atoms with Crippen LogP contribution in [-0.2, 0) is 4.79 Å². The molecule has 3 aromatic rings. The molecule has 6 heteroatoms. The van der Waals surface area contributed by atoms with Crippen molar-refractivity contribution in [2.75, 3.05) is 12.4 Å². The molecule has 0 aliphatic carbocycles. The summed E-state index contributed by atoms with van der Waals surface area (Å²) in [4.78, 5) is 15.7. The van der Waals surface area contributed by atoms with E-state index in [2.05, 4.69) is 15.4 Å². The van der Waals surface area contributed by atoms with Gasteiger partial charge in [0.05, 0.1) is 12.8 Å². The smallest absolute Gasteiger partial charge is 0.222 e. The number of methoxy groups -OCH3 is 1. The van der Waals surface area contributed by atoms with Crippen molar-refractivity contribution in [3.8, 4) is 22.8 Å². The molecular formula is C17H16N4O2. The van der Waals surface area contributed by atoms with E-state index in [0.717, 1.165) is 17.0 Å². The average Bonchev–Trinajstić information content (AvgIpc) is 2.99. The van der Waals surface area contributed by atoms with Gasteiger partial charge in [-0.1, -0.05) is 6.07 Å². The van der Waals surface area contributed by atoms with Crippen molar-refractivity contribution < 1.29 is 9.53 Å². The summed E-state index contributed by atoms with van der Waals surface area (Å²) in [5.41, 5.74) is 1.66. The number of nitrogens with one attached hydrogen (secondary N) is 1. The Balaban J connectivity index is 2.05. The summed E-state index contributed by atoms with van der Waals surface area (Å²) in [5.74, 6) is 1.82. The number of ether oxygens (including phenoxy) is 1. The normalized spacial score (nSPS) is 10.3. The number of pyridine rings is 1. The van der Waals surface area contributed by atoms with Gasteiger partial charge in [0.15, 0.2) is 5.82 Å². The Kier molecular flexibility index (Phi) is 4.05. The molecule has 0 radical (unpaired) electrons. The number of carbonyl (C=O) groups is 1. The van der Waals surface area contributed by atoms with E-state index >= 15 is 0 Å². The molecule has 1 amide bonds. The number of hydrogen-bond acceptors (Lipinski definition) is 4. The Morgan fingerprint density at radius 2 is 1.96 bits per heavy atom. The fraction of sp³-hybridized carbons (Fsp3) is 0.118. The van der Waals surface area contributed by atoms with Gasteiger partial charge in [-0.3, -0.25) is 4.79 Å². The molecule has 0 fully saturated rings. The number of amides is 1. The largest absolute Gasteiger partial charge is 0.497 e. The number of anilines is 1. The summed E-state index contributed by atoms with van der Waals surface area (Å²) >= 11 is 0. The molecule has 23 heavy (non-hydrogen) atoms. The van der Waals surface area contributed by atoms with Crippen molar-refractivity contribution in [2.45, 2.75) is 6.92 Å². The fourth-order valence-electron chi connectivity index (χ4n) is 2.21. The Hall–Kier alpha value is -3.15. The van der Waals surface area contributed by atoms with Crippen molar-refractivity contribution in [2.24, 2.45) is 0 Å². The second-order valence-electron chi connectivity index (χ2n) is 4.92. The summed E-state index contributed by atoms with van der Waals surface area (Å²) < 4.78 is 6.78. The van der Waals surface area contributed by atoms with E-state index in [4.69, 9.17) is 4.74 Å². The van der Waals surface area contributed by atoms with Crippen molar-refractivity contribution in [3.05, 3.63) is 54.7 Å². The van der Waals surface area contributed by atoms with E-state index in [1.807, 2.05) is 48.5 Å². The highest BCUT2D eigenvalue weighted by molar-refractivity contribution is 5.88. The molecule has 0 aliphatic rings. The first-order valence-electron chi connectivity index (χ1n) is 7.11. The molecule has 0 unspecified atom stereocenters. The van der Waals surface area contributed by atoms with Crippen LogP contribution in [0.1, 0.15) is 6.92 Å². The number of rotatable bonds is 4. The van der Waals surface area contributed by atoms with Gasteiger partial charge in [0.1, 0.15) is 11.6 Å². The van der Waals surface area contributed by atoms with E-state index in [9.17, 15) is 4.79 Å². The van der Waals surface area contributed by atoms with Crippen molar-refractivity contribution >= 4 is 11.7 Å². The quantitative estimate of drug-likeness (QED) is 0.804. The number of benzene rings is 1. The van der Waals surface area contributed by atoms with E-state index in [1.165, 1.54) is 6.92 Å². The third-order valence-electron chi connectivity index (χ3n) is 3.27. The lowest BCUT2D eigenvalue weighted by molar-refractivity contribution is -0.114. The molecule has 116 valence electrons. The van der Waals surface area contributed by atoms with Crippen LogP contribution in [0.5, 0.6) is 5.75 Å². The minimum absolute atomic E-state index is 0.164. The van der Waals surface area contributed by atoms with Crippen molar-refractivity contribution in [3.63, 3.8) is 0 Å². The van der Waals surface area contributed by atoms with Crippen LogP contribution >= 0.6 is 0 Å². The van der Waals surface area contributed by atoms with Crippen molar-refractivity contribution in [1.29, 1.82) is 0 Å². The molecule has 0 aliphatic heterocycles. The lowest BCUT2D eigenvalue weighted by atomic mass is 10.1. The van der Waals surface area contributed by atoms with Crippen LogP contribution in [0.15, 0.2) is 54.7 Å². The number of hydrogen-bond donors (Lipinski definition) is 1. The predicted molar refractivity (Wildman–Crippen MR) is 87.7 cm³/mol. The first-order chi connectivity index (χ1) is 11.2. The standard InChI is InChI=1S/C17H16N4O2/c1-12(22)19-17-11-15(13-6-8-14(23-2)9-7-13)20-21(17)16-5-3-4-10-18-16/h3-11H,1-2H3,(H,19,22). The van der Waals surface area contributed by atoms with Gasteiger partial charge in [0, 0.05) is 24.8 Å². The summed E-state index contributed by atoms with van der Waals surface area (Å²) in [5, 5.41) is 7.34. The second kappa shape index (κ2) is 6.31. The fourth-order valence-corrected chi connectivity index (χ4v) is 2.21. The molecule has 0 saturated carbocycles. The molecule has 6 nitrogen and oxygen atoms in total. The summed E-state index contributed by atoms with van der Waals surface area (Å²) in [7, 11) is 1.62. The number of nitrogens with zero attached hydrogens (tertiary/aromatic N) is 3. The van der Waals surface area contributed by atoms with Crippen molar-refractivity contribution in [1.82, 2.24) is 14.8 Å². The molecule has 2 aromatic heterocycles. The first kappa shape index (κ1) is 14.8. The minimum atomic E-state index is -0.164. The highest BCUT2D eigenvalue weighted by Crippen LogP contribution is 2.25. The summed E-state index contributed by atoms with van der Waals surface area (Å²) in [6.45, 7) is 1.46. The number of carbonyl (C=O) groups excluding carboxylic acids is 1. The van der Waals surface area contributed by atoms with E-state index in [-0.39, 0.29) is 5.91 Å². The topological polar surface area (TPSA) is 69.0 Å². The van der Waals surface area contributed by atoms with Crippen LogP contribution < -0.4 is 10.1 Å². The van der Waals surface area contributed by atoms with E-state index in [1.54, 1.807) is 18.0 Å². The van der Waals surface area contributed by atoms with Gasteiger partial charge in [-0.2, -0.15) is 9.78 Å². The third-order valence-corrected chi connectivity index (χ3v) is 3.27. The molecule has 0 bridgehead atoms. The van der Waals surface area contributed by atoms with Gasteiger partial charge in [0.25, 0.3) is 0 Å².